The first-order valence-electron chi connectivity index (χ1n) is 17.0. The Hall–Kier alpha value is -6.12. The second-order valence-corrected chi connectivity index (χ2v) is 13.7. The Morgan fingerprint density at radius 3 is 1.94 bits per heavy atom. The first kappa shape index (κ1) is 27.9. The van der Waals surface area contributed by atoms with Gasteiger partial charge >= 0.3 is 0 Å². The quantitative estimate of drug-likeness (QED) is 0.181. The third-order valence-electron chi connectivity index (χ3n) is 10.6. The van der Waals surface area contributed by atoms with Crippen LogP contribution in [0.5, 0.6) is 0 Å². The lowest BCUT2D eigenvalue weighted by molar-refractivity contribution is 0.660. The number of fused-ring (bicyclic) bond motifs is 10. The molecule has 0 saturated carbocycles. The average molecular weight is 628 g/mol. The van der Waals surface area contributed by atoms with Crippen molar-refractivity contribution in [2.24, 2.45) is 0 Å². The summed E-state index contributed by atoms with van der Waals surface area (Å²) in [4.78, 5) is 2.36. The van der Waals surface area contributed by atoms with E-state index in [1.165, 1.54) is 43.8 Å². The zero-order chi connectivity index (χ0) is 32.7. The molecule has 0 saturated heterocycles. The van der Waals surface area contributed by atoms with Gasteiger partial charge in [-0.1, -0.05) is 135 Å². The monoisotopic (exact) mass is 627 g/mol. The Labute approximate surface area is 285 Å². The second kappa shape index (κ2) is 10.4. The highest BCUT2D eigenvalue weighted by Crippen LogP contribution is 2.50. The summed E-state index contributed by atoms with van der Waals surface area (Å²) < 4.78 is 6.85. The molecule has 0 aliphatic heterocycles. The number of hydrogen-bond acceptors (Lipinski definition) is 2. The third kappa shape index (κ3) is 4.14. The summed E-state index contributed by atoms with van der Waals surface area (Å²) in [5, 5.41) is 7.09. The average Bonchev–Trinajstić information content (AvgIpc) is 3.65. The first-order chi connectivity index (χ1) is 24.1. The summed E-state index contributed by atoms with van der Waals surface area (Å²) in [5.74, 6) is 0. The lowest BCUT2D eigenvalue weighted by atomic mass is 9.82. The highest BCUT2D eigenvalue weighted by Gasteiger charge is 2.35. The van der Waals surface area contributed by atoms with Crippen LogP contribution in [0.25, 0.3) is 65.7 Å². The Kier molecular flexibility index (Phi) is 5.95. The number of para-hydroxylation sites is 2. The molecule has 49 heavy (non-hydrogen) atoms. The fourth-order valence-electron chi connectivity index (χ4n) is 8.22. The van der Waals surface area contributed by atoms with Crippen LogP contribution < -0.4 is 4.90 Å². The molecule has 2 nitrogen and oxygen atoms in total. The summed E-state index contributed by atoms with van der Waals surface area (Å²) in [7, 11) is 0. The second-order valence-electron chi connectivity index (χ2n) is 13.7. The molecule has 1 aliphatic carbocycles. The number of benzene rings is 8. The predicted molar refractivity (Wildman–Crippen MR) is 206 cm³/mol. The summed E-state index contributed by atoms with van der Waals surface area (Å²) >= 11 is 0. The molecule has 1 heterocycles. The molecule has 0 bridgehead atoms. The molecule has 1 aromatic heterocycles. The standard InChI is InChI=1S/C47H33NO/c1-47(2)42-18-9-8-15-38(42)39-28-26-35(29-43(39)47)48(33-12-4-3-5-13-33)34-24-21-31(22-25-34)37-16-10-17-40-41-27-23-32-20-19-30-11-6-7-14-36(30)44(32)46(41)49-45(37)40/h3-29H,1-2H3. The number of hydrogen-bond donors (Lipinski definition) is 0. The van der Waals surface area contributed by atoms with Crippen LogP contribution in [0.1, 0.15) is 25.0 Å². The van der Waals surface area contributed by atoms with Crippen molar-refractivity contribution in [1.82, 2.24) is 0 Å². The van der Waals surface area contributed by atoms with Crippen molar-refractivity contribution < 1.29 is 4.42 Å². The van der Waals surface area contributed by atoms with Crippen molar-refractivity contribution in [3.63, 3.8) is 0 Å². The van der Waals surface area contributed by atoms with E-state index in [1.54, 1.807) is 0 Å². The largest absolute Gasteiger partial charge is 0.455 e. The SMILES string of the molecule is CC1(C)c2ccccc2-c2ccc(N(c3ccccc3)c3ccc(-c4cccc5c4oc4c5ccc5ccc6ccccc6c54)cc3)cc21. The zero-order valence-electron chi connectivity index (χ0n) is 27.4. The highest BCUT2D eigenvalue weighted by molar-refractivity contribution is 6.24. The van der Waals surface area contributed by atoms with E-state index in [0.717, 1.165) is 50.1 Å². The Morgan fingerprint density at radius 2 is 1.06 bits per heavy atom. The van der Waals surface area contributed by atoms with Gasteiger partial charge < -0.3 is 9.32 Å². The third-order valence-corrected chi connectivity index (χ3v) is 10.6. The van der Waals surface area contributed by atoms with Crippen molar-refractivity contribution in [3.8, 4) is 22.3 Å². The highest BCUT2D eigenvalue weighted by atomic mass is 16.3. The molecule has 0 radical (unpaired) electrons. The zero-order valence-corrected chi connectivity index (χ0v) is 27.4. The maximum Gasteiger partial charge on any atom is 0.143 e. The van der Waals surface area contributed by atoms with E-state index in [1.807, 2.05) is 0 Å². The molecule has 9 aromatic rings. The summed E-state index contributed by atoms with van der Waals surface area (Å²) in [5.41, 5.74) is 12.8. The number of furan rings is 1. The van der Waals surface area contributed by atoms with Crippen LogP contribution >= 0.6 is 0 Å². The van der Waals surface area contributed by atoms with Gasteiger partial charge in [-0.15, -0.1) is 0 Å². The summed E-state index contributed by atoms with van der Waals surface area (Å²) in [6.07, 6.45) is 0. The maximum absolute atomic E-state index is 6.85. The molecule has 0 N–H and O–H groups in total. The minimum absolute atomic E-state index is 0.0724. The minimum atomic E-state index is -0.0724. The van der Waals surface area contributed by atoms with Gasteiger partial charge in [0.15, 0.2) is 0 Å². The smallest absolute Gasteiger partial charge is 0.143 e. The van der Waals surface area contributed by atoms with Gasteiger partial charge in [-0.3, -0.25) is 0 Å². The van der Waals surface area contributed by atoms with Crippen LogP contribution in [0.3, 0.4) is 0 Å². The fourth-order valence-corrected chi connectivity index (χ4v) is 8.22. The van der Waals surface area contributed by atoms with Gasteiger partial charge in [0.25, 0.3) is 0 Å². The van der Waals surface area contributed by atoms with Gasteiger partial charge in [-0.2, -0.15) is 0 Å². The van der Waals surface area contributed by atoms with Gasteiger partial charge in [0.05, 0.1) is 0 Å². The van der Waals surface area contributed by atoms with Crippen LogP contribution in [-0.4, -0.2) is 0 Å². The summed E-state index contributed by atoms with van der Waals surface area (Å²) in [6.45, 7) is 4.68. The van der Waals surface area contributed by atoms with E-state index in [2.05, 4.69) is 183 Å². The molecule has 10 rings (SSSR count). The number of anilines is 3. The van der Waals surface area contributed by atoms with Gasteiger partial charge in [-0.05, 0) is 86.4 Å². The first-order valence-corrected chi connectivity index (χ1v) is 17.0. The molecule has 8 aromatic carbocycles. The van der Waals surface area contributed by atoms with Crippen molar-refractivity contribution >= 4 is 60.5 Å². The molecule has 0 spiro atoms. The molecule has 2 heteroatoms. The fraction of sp³-hybridized carbons (Fsp3) is 0.0638. The maximum atomic E-state index is 6.85. The van der Waals surface area contributed by atoms with Crippen molar-refractivity contribution in [2.45, 2.75) is 19.3 Å². The van der Waals surface area contributed by atoms with Crippen LogP contribution in [0, 0.1) is 0 Å². The van der Waals surface area contributed by atoms with Crippen LogP contribution in [0.15, 0.2) is 168 Å². The van der Waals surface area contributed by atoms with Crippen molar-refractivity contribution in [1.29, 1.82) is 0 Å². The van der Waals surface area contributed by atoms with Crippen molar-refractivity contribution in [3.05, 3.63) is 175 Å². The molecule has 232 valence electrons. The predicted octanol–water partition coefficient (Wildman–Crippen LogP) is 13.3. The van der Waals surface area contributed by atoms with Crippen LogP contribution in [-0.2, 0) is 5.41 Å². The van der Waals surface area contributed by atoms with Gasteiger partial charge in [0.2, 0.25) is 0 Å². The Morgan fingerprint density at radius 1 is 0.429 bits per heavy atom. The normalized spacial score (nSPS) is 13.3. The van der Waals surface area contributed by atoms with E-state index >= 15 is 0 Å². The van der Waals surface area contributed by atoms with Gasteiger partial charge in [0, 0.05) is 44.2 Å². The van der Waals surface area contributed by atoms with E-state index in [9.17, 15) is 0 Å². The molecule has 0 atom stereocenters. The van der Waals surface area contributed by atoms with E-state index in [0.29, 0.717) is 0 Å². The summed E-state index contributed by atoms with van der Waals surface area (Å²) in [6, 6.07) is 59.3. The van der Waals surface area contributed by atoms with E-state index in [4.69, 9.17) is 4.42 Å². The van der Waals surface area contributed by atoms with Crippen molar-refractivity contribution in [2.75, 3.05) is 4.90 Å². The Balaban J connectivity index is 1.10. The van der Waals surface area contributed by atoms with Gasteiger partial charge in [-0.25, -0.2) is 0 Å². The van der Waals surface area contributed by atoms with E-state index in [-0.39, 0.29) is 5.41 Å². The topological polar surface area (TPSA) is 16.4 Å². The molecule has 1 aliphatic rings. The van der Waals surface area contributed by atoms with E-state index < -0.39 is 0 Å². The molecule has 0 amide bonds. The number of rotatable bonds is 4. The molecule has 0 fully saturated rings. The van der Waals surface area contributed by atoms with Crippen LogP contribution in [0.2, 0.25) is 0 Å². The number of nitrogens with zero attached hydrogens (tertiary/aromatic N) is 1. The Bertz CT molecular complexity index is 2730. The lowest BCUT2D eigenvalue weighted by Crippen LogP contribution is -2.16. The van der Waals surface area contributed by atoms with Gasteiger partial charge in [0.1, 0.15) is 11.2 Å². The molecule has 0 unspecified atom stereocenters. The molecular weight excluding hydrogens is 595 g/mol. The minimum Gasteiger partial charge on any atom is -0.455 e. The lowest BCUT2D eigenvalue weighted by Gasteiger charge is -2.28. The molecular formula is C47H33NO. The van der Waals surface area contributed by atoms with Crippen LogP contribution in [0.4, 0.5) is 17.1 Å².